The van der Waals surface area contributed by atoms with E-state index in [2.05, 4.69) is 21.1 Å². The third-order valence-corrected chi connectivity index (χ3v) is 5.07. The van der Waals surface area contributed by atoms with E-state index in [9.17, 15) is 19.8 Å². The number of carbonyl (C=O) groups is 2. The third kappa shape index (κ3) is 9.99. The first-order chi connectivity index (χ1) is 15.8. The van der Waals surface area contributed by atoms with E-state index in [1.807, 2.05) is 0 Å². The largest absolute Gasteiger partial charge is 0.508 e. The molecule has 0 saturated heterocycles. The van der Waals surface area contributed by atoms with Crippen LogP contribution in [0, 0.1) is 0 Å². The second-order valence-electron chi connectivity index (χ2n) is 7.83. The van der Waals surface area contributed by atoms with E-state index < -0.39 is 0 Å². The molecule has 8 heteroatoms. The van der Waals surface area contributed by atoms with Crippen LogP contribution >= 0.6 is 0 Å². The monoisotopic (exact) mass is 452 g/mol. The van der Waals surface area contributed by atoms with Crippen LogP contribution in [-0.4, -0.2) is 33.5 Å². The van der Waals surface area contributed by atoms with E-state index >= 15 is 0 Å². The van der Waals surface area contributed by atoms with Gasteiger partial charge in [0.1, 0.15) is 11.5 Å². The summed E-state index contributed by atoms with van der Waals surface area (Å²) >= 11 is 0. The summed E-state index contributed by atoms with van der Waals surface area (Å²) in [4.78, 5) is 23.8. The third-order valence-electron chi connectivity index (χ3n) is 5.07. The minimum absolute atomic E-state index is 0.130. The van der Waals surface area contributed by atoms with E-state index in [-0.39, 0.29) is 23.3 Å². The molecular weight excluding hydrogens is 420 g/mol. The van der Waals surface area contributed by atoms with Crippen molar-refractivity contribution in [1.82, 2.24) is 10.9 Å². The van der Waals surface area contributed by atoms with Gasteiger partial charge in [0.05, 0.1) is 11.4 Å². The normalized spacial score (nSPS) is 11.8. The molecule has 33 heavy (non-hydrogen) atoms. The summed E-state index contributed by atoms with van der Waals surface area (Å²) in [5, 5.41) is 26.8. The SMILES string of the molecule is C/C(=N\NC(=O)CCCCCCCC(=O)N/N=C(\C)c1ccc(O)cc1)c1ccc(O)cc1. The predicted molar refractivity (Wildman–Crippen MR) is 129 cm³/mol. The summed E-state index contributed by atoms with van der Waals surface area (Å²) in [5.41, 5.74) is 8.12. The Morgan fingerprint density at radius 3 is 1.33 bits per heavy atom. The molecular formula is C25H32N4O4. The van der Waals surface area contributed by atoms with Gasteiger partial charge in [-0.3, -0.25) is 9.59 Å². The van der Waals surface area contributed by atoms with Gasteiger partial charge in [0, 0.05) is 12.8 Å². The minimum Gasteiger partial charge on any atom is -0.508 e. The molecule has 0 spiro atoms. The molecule has 0 aliphatic rings. The van der Waals surface area contributed by atoms with Crippen molar-refractivity contribution in [2.75, 3.05) is 0 Å². The standard InChI is InChI=1S/C25H32N4O4/c1-18(20-10-14-22(30)15-11-20)26-28-24(32)8-6-4-3-5-7-9-25(33)29-27-19(2)21-12-16-23(31)17-13-21/h10-17,30-31H,3-9H2,1-2H3,(H,28,32)(H,29,33)/b26-18+,27-19+. The van der Waals surface area contributed by atoms with Crippen LogP contribution in [0.3, 0.4) is 0 Å². The summed E-state index contributed by atoms with van der Waals surface area (Å²) in [6.07, 6.45) is 5.10. The molecule has 2 aromatic carbocycles. The molecule has 0 aromatic heterocycles. The maximum atomic E-state index is 11.9. The lowest BCUT2D eigenvalue weighted by Gasteiger charge is -2.04. The van der Waals surface area contributed by atoms with Crippen molar-refractivity contribution in [1.29, 1.82) is 0 Å². The fourth-order valence-electron chi connectivity index (χ4n) is 3.04. The van der Waals surface area contributed by atoms with Crippen molar-refractivity contribution in [2.45, 2.75) is 58.8 Å². The quantitative estimate of drug-likeness (QED) is 0.219. The van der Waals surface area contributed by atoms with Gasteiger partial charge in [0.15, 0.2) is 0 Å². The minimum atomic E-state index is -0.130. The molecule has 8 nitrogen and oxygen atoms in total. The Morgan fingerprint density at radius 1 is 0.636 bits per heavy atom. The van der Waals surface area contributed by atoms with Crippen LogP contribution in [0.4, 0.5) is 0 Å². The maximum absolute atomic E-state index is 11.9. The Labute approximate surface area is 194 Å². The molecule has 2 aromatic rings. The zero-order valence-electron chi connectivity index (χ0n) is 19.2. The molecule has 0 radical (unpaired) electrons. The van der Waals surface area contributed by atoms with Crippen LogP contribution in [0.25, 0.3) is 0 Å². The molecule has 0 saturated carbocycles. The lowest BCUT2D eigenvalue weighted by atomic mass is 10.1. The summed E-state index contributed by atoms with van der Waals surface area (Å²) in [6, 6.07) is 13.3. The molecule has 0 aliphatic carbocycles. The van der Waals surface area contributed by atoms with E-state index in [1.54, 1.807) is 62.4 Å². The lowest BCUT2D eigenvalue weighted by molar-refractivity contribution is -0.121. The summed E-state index contributed by atoms with van der Waals surface area (Å²) in [6.45, 7) is 3.59. The number of nitrogens with one attached hydrogen (secondary N) is 2. The molecule has 0 fully saturated rings. The smallest absolute Gasteiger partial charge is 0.240 e. The van der Waals surface area contributed by atoms with Gasteiger partial charge in [-0.25, -0.2) is 10.9 Å². The van der Waals surface area contributed by atoms with Crippen molar-refractivity contribution in [2.24, 2.45) is 10.2 Å². The van der Waals surface area contributed by atoms with Gasteiger partial charge in [0.25, 0.3) is 0 Å². The fraction of sp³-hybridized carbons (Fsp3) is 0.360. The van der Waals surface area contributed by atoms with Crippen molar-refractivity contribution < 1.29 is 19.8 Å². The Bertz CT molecular complexity index is 887. The Kier molecular flexibility index (Phi) is 10.6. The molecule has 176 valence electrons. The van der Waals surface area contributed by atoms with Crippen LogP contribution in [-0.2, 0) is 9.59 Å². The van der Waals surface area contributed by atoms with Crippen LogP contribution in [0.1, 0.15) is 69.9 Å². The van der Waals surface area contributed by atoms with Gasteiger partial charge in [-0.2, -0.15) is 10.2 Å². The Hall–Kier alpha value is -3.68. The van der Waals surface area contributed by atoms with Crippen LogP contribution < -0.4 is 10.9 Å². The topological polar surface area (TPSA) is 123 Å². The summed E-state index contributed by atoms with van der Waals surface area (Å²) in [5.74, 6) is 0.111. The number of unbranched alkanes of at least 4 members (excludes halogenated alkanes) is 4. The second-order valence-corrected chi connectivity index (χ2v) is 7.83. The van der Waals surface area contributed by atoms with E-state index in [0.29, 0.717) is 24.3 Å². The van der Waals surface area contributed by atoms with Gasteiger partial charge in [-0.1, -0.05) is 19.3 Å². The number of hydrazone groups is 2. The van der Waals surface area contributed by atoms with Gasteiger partial charge in [-0.05, 0) is 86.3 Å². The molecule has 2 amide bonds. The number of aromatic hydroxyl groups is 2. The van der Waals surface area contributed by atoms with Crippen molar-refractivity contribution in [3.8, 4) is 11.5 Å². The van der Waals surface area contributed by atoms with E-state index in [4.69, 9.17) is 0 Å². The van der Waals surface area contributed by atoms with Crippen molar-refractivity contribution in [3.05, 3.63) is 59.7 Å². The first-order valence-electron chi connectivity index (χ1n) is 11.1. The fourth-order valence-corrected chi connectivity index (χ4v) is 3.04. The second kappa shape index (κ2) is 13.7. The molecule has 2 rings (SSSR count). The summed E-state index contributed by atoms with van der Waals surface area (Å²) < 4.78 is 0. The predicted octanol–water partition coefficient (Wildman–Crippen LogP) is 4.21. The van der Waals surface area contributed by atoms with Gasteiger partial charge < -0.3 is 10.2 Å². The molecule has 4 N–H and O–H groups in total. The average molecular weight is 453 g/mol. The molecule has 0 heterocycles. The number of benzene rings is 2. The molecule has 0 bridgehead atoms. The molecule has 0 unspecified atom stereocenters. The van der Waals surface area contributed by atoms with Crippen molar-refractivity contribution in [3.63, 3.8) is 0 Å². The lowest BCUT2D eigenvalue weighted by Crippen LogP contribution is -2.19. The first kappa shape index (κ1) is 25.6. The maximum Gasteiger partial charge on any atom is 0.240 e. The zero-order valence-corrected chi connectivity index (χ0v) is 19.2. The number of nitrogens with zero attached hydrogens (tertiary/aromatic N) is 2. The number of phenolic OH excluding ortho intramolecular Hbond substituents is 2. The number of hydrogen-bond donors (Lipinski definition) is 4. The average Bonchev–Trinajstić information content (AvgIpc) is 2.81. The Balaban J connectivity index is 1.53. The highest BCUT2D eigenvalue weighted by molar-refractivity contribution is 5.99. The first-order valence-corrected chi connectivity index (χ1v) is 11.1. The highest BCUT2D eigenvalue weighted by Gasteiger charge is 2.04. The molecule has 0 atom stereocenters. The highest BCUT2D eigenvalue weighted by atomic mass is 16.3. The van der Waals surface area contributed by atoms with Crippen LogP contribution in [0.5, 0.6) is 11.5 Å². The van der Waals surface area contributed by atoms with Crippen LogP contribution in [0.15, 0.2) is 58.7 Å². The summed E-state index contributed by atoms with van der Waals surface area (Å²) in [7, 11) is 0. The number of phenols is 2. The number of rotatable bonds is 12. The van der Waals surface area contributed by atoms with E-state index in [1.165, 1.54) is 0 Å². The van der Waals surface area contributed by atoms with Crippen LogP contribution in [0.2, 0.25) is 0 Å². The van der Waals surface area contributed by atoms with Gasteiger partial charge in [0.2, 0.25) is 11.8 Å². The number of carbonyl (C=O) groups excluding carboxylic acids is 2. The van der Waals surface area contributed by atoms with Crippen molar-refractivity contribution >= 4 is 23.2 Å². The highest BCUT2D eigenvalue weighted by Crippen LogP contribution is 2.11. The molecule has 0 aliphatic heterocycles. The van der Waals surface area contributed by atoms with Gasteiger partial charge >= 0.3 is 0 Å². The van der Waals surface area contributed by atoms with E-state index in [0.717, 1.165) is 43.2 Å². The Morgan fingerprint density at radius 2 is 0.970 bits per heavy atom. The van der Waals surface area contributed by atoms with Gasteiger partial charge in [-0.15, -0.1) is 0 Å². The zero-order chi connectivity index (χ0) is 24.1. The number of hydrogen-bond acceptors (Lipinski definition) is 6. The number of amides is 2.